The van der Waals surface area contributed by atoms with E-state index >= 15 is 0 Å². The molecule has 0 unspecified atom stereocenters. The molecule has 33 heavy (non-hydrogen) atoms. The average molecular weight is 449 g/mol. The number of carbonyl (C=O) groups is 2. The molecule has 3 aromatic rings. The number of hydrogen-bond acceptors (Lipinski definition) is 5. The van der Waals surface area contributed by atoms with E-state index in [4.69, 9.17) is 5.73 Å². The molecule has 4 rings (SSSR count). The first-order valence-electron chi connectivity index (χ1n) is 10.5. The number of fused-ring (bicyclic) bond motifs is 1. The molecular formula is C25H24FN3O4. The van der Waals surface area contributed by atoms with Crippen molar-refractivity contribution in [1.29, 1.82) is 0 Å². The van der Waals surface area contributed by atoms with Gasteiger partial charge in [0.15, 0.2) is 12.2 Å². The molecule has 0 bridgehead atoms. The number of para-hydroxylation sites is 1. The fourth-order valence-corrected chi connectivity index (χ4v) is 3.84. The van der Waals surface area contributed by atoms with E-state index in [2.05, 4.69) is 5.32 Å². The second-order valence-electron chi connectivity index (χ2n) is 7.97. The van der Waals surface area contributed by atoms with Crippen LogP contribution in [0.15, 0.2) is 66.7 Å². The molecule has 0 aliphatic carbocycles. The Balaban J connectivity index is 1.33. The van der Waals surface area contributed by atoms with Crippen LogP contribution in [0.2, 0.25) is 0 Å². The number of nitrogens with zero attached hydrogens (tertiary/aromatic N) is 1. The topological polar surface area (TPSA) is 116 Å². The van der Waals surface area contributed by atoms with Crippen molar-refractivity contribution >= 4 is 17.5 Å². The first-order chi connectivity index (χ1) is 15.8. The quantitative estimate of drug-likeness (QED) is 0.430. The lowest BCUT2D eigenvalue weighted by atomic mass is 10.0. The van der Waals surface area contributed by atoms with Crippen molar-refractivity contribution in [2.45, 2.75) is 31.8 Å². The van der Waals surface area contributed by atoms with Gasteiger partial charge in [-0.05, 0) is 28.3 Å². The molecule has 2 amide bonds. The largest absolute Gasteiger partial charge is 0.396 e. The van der Waals surface area contributed by atoms with Crippen molar-refractivity contribution in [2.24, 2.45) is 0 Å². The van der Waals surface area contributed by atoms with Gasteiger partial charge < -0.3 is 26.2 Å². The number of aliphatic hydroxyl groups excluding tert-OH is 2. The third-order valence-electron chi connectivity index (χ3n) is 5.76. The summed E-state index contributed by atoms with van der Waals surface area (Å²) in [6.45, 7) is 0.718. The number of carbonyl (C=O) groups excluding carboxylic acids is 2. The van der Waals surface area contributed by atoms with Crippen LogP contribution < -0.4 is 11.1 Å². The minimum Gasteiger partial charge on any atom is -0.396 e. The summed E-state index contributed by atoms with van der Waals surface area (Å²) in [6, 6.07) is 19.0. The zero-order chi connectivity index (χ0) is 23.5. The molecule has 170 valence electrons. The summed E-state index contributed by atoms with van der Waals surface area (Å²) in [6.07, 6.45) is -3.76. The van der Waals surface area contributed by atoms with E-state index in [0.29, 0.717) is 24.2 Å². The molecule has 0 aromatic heterocycles. The third-order valence-corrected chi connectivity index (χ3v) is 5.76. The number of nitrogens with one attached hydrogen (secondary N) is 1. The van der Waals surface area contributed by atoms with Crippen LogP contribution in [0, 0.1) is 5.82 Å². The van der Waals surface area contributed by atoms with E-state index in [1.165, 1.54) is 11.0 Å². The Hall–Kier alpha value is -3.75. The summed E-state index contributed by atoms with van der Waals surface area (Å²) in [4.78, 5) is 26.3. The summed E-state index contributed by atoms with van der Waals surface area (Å²) in [5.74, 6) is -2.05. The number of rotatable bonds is 6. The lowest BCUT2D eigenvalue weighted by Crippen LogP contribution is -2.49. The second kappa shape index (κ2) is 9.40. The number of nitrogens with two attached hydrogens (primary N) is 1. The Morgan fingerprint density at radius 2 is 1.58 bits per heavy atom. The Morgan fingerprint density at radius 1 is 0.939 bits per heavy atom. The van der Waals surface area contributed by atoms with Gasteiger partial charge in [-0.25, -0.2) is 4.39 Å². The van der Waals surface area contributed by atoms with Gasteiger partial charge in [0.25, 0.3) is 11.8 Å². The lowest BCUT2D eigenvalue weighted by Gasteiger charge is -2.22. The highest BCUT2D eigenvalue weighted by Crippen LogP contribution is 2.28. The van der Waals surface area contributed by atoms with Crippen LogP contribution in [-0.4, -0.2) is 39.1 Å². The van der Waals surface area contributed by atoms with Gasteiger partial charge in [0.2, 0.25) is 0 Å². The van der Waals surface area contributed by atoms with Crippen LogP contribution in [-0.2, 0) is 29.2 Å². The van der Waals surface area contributed by atoms with Gasteiger partial charge in [-0.3, -0.25) is 9.59 Å². The molecule has 0 saturated heterocycles. The van der Waals surface area contributed by atoms with E-state index in [1.54, 1.807) is 36.4 Å². The molecule has 0 saturated carbocycles. The smallest absolute Gasteiger partial charge is 0.255 e. The molecule has 1 aliphatic rings. The molecular weight excluding hydrogens is 425 g/mol. The minimum absolute atomic E-state index is 0.0569. The van der Waals surface area contributed by atoms with Crippen LogP contribution in [0.4, 0.5) is 10.1 Å². The van der Waals surface area contributed by atoms with Gasteiger partial charge in [-0.15, -0.1) is 0 Å². The van der Waals surface area contributed by atoms with Gasteiger partial charge in [-0.1, -0.05) is 60.7 Å². The lowest BCUT2D eigenvalue weighted by molar-refractivity contribution is -0.153. The van der Waals surface area contributed by atoms with E-state index in [0.717, 1.165) is 16.7 Å². The molecule has 0 radical (unpaired) electrons. The SMILES string of the molecule is Nc1c(F)cccc1-c1ccc(CNC(=O)[C@H](O)[C@@H](O)C(=O)N2Cc3ccccc3C2)cc1. The van der Waals surface area contributed by atoms with Crippen molar-refractivity contribution in [2.75, 3.05) is 5.73 Å². The molecule has 5 N–H and O–H groups in total. The molecule has 3 aromatic carbocycles. The van der Waals surface area contributed by atoms with Crippen LogP contribution in [0.3, 0.4) is 0 Å². The Bertz CT molecular complexity index is 1160. The maximum absolute atomic E-state index is 13.7. The molecule has 0 fully saturated rings. The molecule has 1 heterocycles. The van der Waals surface area contributed by atoms with Crippen molar-refractivity contribution in [3.05, 3.63) is 89.2 Å². The number of halogens is 1. The Labute approximate surface area is 190 Å². The highest BCUT2D eigenvalue weighted by molar-refractivity contribution is 5.91. The first-order valence-corrected chi connectivity index (χ1v) is 10.5. The number of aliphatic hydroxyl groups is 2. The number of hydrogen-bond donors (Lipinski definition) is 4. The van der Waals surface area contributed by atoms with Gasteiger partial charge in [0.1, 0.15) is 5.82 Å². The molecule has 7 nitrogen and oxygen atoms in total. The van der Waals surface area contributed by atoms with Crippen LogP contribution in [0.25, 0.3) is 11.1 Å². The number of nitrogen functional groups attached to an aromatic ring is 1. The third kappa shape index (κ3) is 4.72. The number of amides is 2. The predicted octanol–water partition coefficient (Wildman–Crippen LogP) is 1.96. The van der Waals surface area contributed by atoms with Gasteiger partial charge in [0, 0.05) is 25.2 Å². The van der Waals surface area contributed by atoms with Crippen LogP contribution in [0.1, 0.15) is 16.7 Å². The summed E-state index contributed by atoms with van der Waals surface area (Å²) in [7, 11) is 0. The van der Waals surface area contributed by atoms with E-state index in [9.17, 15) is 24.2 Å². The zero-order valence-corrected chi connectivity index (χ0v) is 17.7. The fourth-order valence-electron chi connectivity index (χ4n) is 3.84. The second-order valence-corrected chi connectivity index (χ2v) is 7.97. The first kappa shape index (κ1) is 22.4. The standard InChI is InChI=1S/C25H24FN3O4/c26-20-7-3-6-19(21(20)27)16-10-8-15(9-11-16)12-28-24(32)22(30)23(31)25(33)29-13-17-4-1-2-5-18(17)14-29/h1-11,22-23,30-31H,12-14,27H2,(H,28,32)/t22-,23-/m1/s1. The van der Waals surface area contributed by atoms with E-state index < -0.39 is 29.8 Å². The van der Waals surface area contributed by atoms with Gasteiger partial charge in [-0.2, -0.15) is 0 Å². The normalized spacial score (nSPS) is 14.5. The maximum Gasteiger partial charge on any atom is 0.255 e. The van der Waals surface area contributed by atoms with Gasteiger partial charge >= 0.3 is 0 Å². The minimum atomic E-state index is -1.90. The number of benzene rings is 3. The molecule has 8 heteroatoms. The summed E-state index contributed by atoms with van der Waals surface area (Å²) >= 11 is 0. The van der Waals surface area contributed by atoms with E-state index in [1.807, 2.05) is 24.3 Å². The monoisotopic (exact) mass is 449 g/mol. The van der Waals surface area contributed by atoms with Crippen LogP contribution >= 0.6 is 0 Å². The van der Waals surface area contributed by atoms with Crippen molar-refractivity contribution < 1.29 is 24.2 Å². The average Bonchev–Trinajstić information content (AvgIpc) is 3.27. The Morgan fingerprint density at radius 3 is 2.21 bits per heavy atom. The van der Waals surface area contributed by atoms with E-state index in [-0.39, 0.29) is 12.2 Å². The van der Waals surface area contributed by atoms with Crippen molar-refractivity contribution in [3.8, 4) is 11.1 Å². The fraction of sp³-hybridized carbons (Fsp3) is 0.200. The summed E-state index contributed by atoms with van der Waals surface area (Å²) < 4.78 is 13.7. The van der Waals surface area contributed by atoms with Crippen molar-refractivity contribution in [3.63, 3.8) is 0 Å². The summed E-state index contributed by atoms with van der Waals surface area (Å²) in [5.41, 5.74) is 9.79. The van der Waals surface area contributed by atoms with Gasteiger partial charge in [0.05, 0.1) is 5.69 Å². The highest BCUT2D eigenvalue weighted by Gasteiger charge is 2.35. The molecule has 0 spiro atoms. The maximum atomic E-state index is 13.7. The summed E-state index contributed by atoms with van der Waals surface area (Å²) in [5, 5.41) is 23.0. The number of anilines is 1. The zero-order valence-electron chi connectivity index (χ0n) is 17.7. The predicted molar refractivity (Wildman–Crippen MR) is 121 cm³/mol. The van der Waals surface area contributed by atoms with Crippen molar-refractivity contribution in [1.82, 2.24) is 10.2 Å². The van der Waals surface area contributed by atoms with Crippen LogP contribution in [0.5, 0.6) is 0 Å². The Kier molecular flexibility index (Phi) is 6.39. The molecule has 1 aliphatic heterocycles. The molecule has 2 atom stereocenters. The highest BCUT2D eigenvalue weighted by atomic mass is 19.1.